The number of nitrogens with one attached hydrogen (secondary N) is 2. The SMILES string of the molecule is Cc1[nH]nc(C(=O)O)c1S(=O)(=O)NC(C)c1ccccn1. The summed E-state index contributed by atoms with van der Waals surface area (Å²) in [5.74, 6) is -1.41. The van der Waals surface area contributed by atoms with Gasteiger partial charge in [-0.2, -0.15) is 5.10 Å². The third kappa shape index (κ3) is 3.09. The van der Waals surface area contributed by atoms with E-state index in [1.165, 1.54) is 6.92 Å². The van der Waals surface area contributed by atoms with Crippen molar-refractivity contribution in [1.82, 2.24) is 19.9 Å². The lowest BCUT2D eigenvalue weighted by atomic mass is 10.2. The third-order valence-electron chi connectivity index (χ3n) is 2.83. The molecule has 0 fully saturated rings. The van der Waals surface area contributed by atoms with E-state index in [2.05, 4.69) is 19.9 Å². The topological polar surface area (TPSA) is 125 Å². The molecule has 0 aliphatic carbocycles. The van der Waals surface area contributed by atoms with Gasteiger partial charge in [-0.1, -0.05) is 6.07 Å². The number of sulfonamides is 1. The van der Waals surface area contributed by atoms with Gasteiger partial charge in [-0.05, 0) is 26.0 Å². The average Bonchev–Trinajstić information content (AvgIpc) is 2.82. The minimum Gasteiger partial charge on any atom is -0.476 e. The van der Waals surface area contributed by atoms with Crippen molar-refractivity contribution in [2.24, 2.45) is 0 Å². The molecule has 0 aromatic carbocycles. The molecule has 0 amide bonds. The normalized spacial score (nSPS) is 13.0. The first-order chi connectivity index (χ1) is 9.83. The molecule has 0 radical (unpaired) electrons. The van der Waals surface area contributed by atoms with Gasteiger partial charge in [0.05, 0.1) is 17.4 Å². The molecule has 21 heavy (non-hydrogen) atoms. The van der Waals surface area contributed by atoms with Crippen molar-refractivity contribution in [1.29, 1.82) is 0 Å². The van der Waals surface area contributed by atoms with Crippen molar-refractivity contribution in [2.75, 3.05) is 0 Å². The summed E-state index contributed by atoms with van der Waals surface area (Å²) >= 11 is 0. The van der Waals surface area contributed by atoms with Gasteiger partial charge in [0.25, 0.3) is 0 Å². The van der Waals surface area contributed by atoms with Crippen LogP contribution >= 0.6 is 0 Å². The summed E-state index contributed by atoms with van der Waals surface area (Å²) in [6.07, 6.45) is 1.55. The fraction of sp³-hybridized carbons (Fsp3) is 0.250. The number of hydrogen-bond donors (Lipinski definition) is 3. The van der Waals surface area contributed by atoms with Crippen LogP contribution in [0.15, 0.2) is 29.3 Å². The van der Waals surface area contributed by atoms with Crippen LogP contribution in [0, 0.1) is 6.92 Å². The van der Waals surface area contributed by atoms with E-state index in [9.17, 15) is 13.2 Å². The minimum atomic E-state index is -4.04. The molecular weight excluding hydrogens is 296 g/mol. The first-order valence-electron chi connectivity index (χ1n) is 6.04. The van der Waals surface area contributed by atoms with Gasteiger partial charge in [0.15, 0.2) is 5.69 Å². The largest absolute Gasteiger partial charge is 0.476 e. The van der Waals surface area contributed by atoms with Crippen LogP contribution in [-0.2, 0) is 10.0 Å². The lowest BCUT2D eigenvalue weighted by Crippen LogP contribution is -2.29. The van der Waals surface area contributed by atoms with Crippen LogP contribution in [0.3, 0.4) is 0 Å². The van der Waals surface area contributed by atoms with Gasteiger partial charge in [-0.25, -0.2) is 17.9 Å². The number of carboxylic acid groups (broad SMARTS) is 1. The predicted octanol–water partition coefficient (Wildman–Crippen LogP) is 0.851. The van der Waals surface area contributed by atoms with Crippen LogP contribution in [0.25, 0.3) is 0 Å². The second kappa shape index (κ2) is 5.62. The van der Waals surface area contributed by atoms with Gasteiger partial charge in [0.1, 0.15) is 4.90 Å². The molecule has 0 saturated heterocycles. The van der Waals surface area contributed by atoms with Gasteiger partial charge in [-0.15, -0.1) is 0 Å². The number of H-pyrrole nitrogens is 1. The van der Waals surface area contributed by atoms with Crippen LogP contribution in [0.4, 0.5) is 0 Å². The van der Waals surface area contributed by atoms with Gasteiger partial charge in [0, 0.05) is 6.20 Å². The molecule has 0 aliphatic heterocycles. The molecule has 0 saturated carbocycles. The summed E-state index contributed by atoms with van der Waals surface area (Å²) in [4.78, 5) is 14.7. The Bertz CT molecular complexity index is 755. The number of hydrogen-bond acceptors (Lipinski definition) is 5. The summed E-state index contributed by atoms with van der Waals surface area (Å²) in [6, 6.07) is 4.52. The van der Waals surface area contributed by atoms with E-state index in [0.717, 1.165) is 0 Å². The van der Waals surface area contributed by atoms with Gasteiger partial charge in [0.2, 0.25) is 10.0 Å². The van der Waals surface area contributed by atoms with Gasteiger partial charge >= 0.3 is 5.97 Å². The second-order valence-electron chi connectivity index (χ2n) is 4.43. The highest BCUT2D eigenvalue weighted by molar-refractivity contribution is 7.89. The highest BCUT2D eigenvalue weighted by atomic mass is 32.2. The first-order valence-corrected chi connectivity index (χ1v) is 7.52. The molecule has 8 nitrogen and oxygen atoms in total. The van der Waals surface area contributed by atoms with Crippen LogP contribution in [0.1, 0.15) is 34.8 Å². The standard InChI is InChI=1S/C12H14N4O4S/c1-7(9-5-3-4-6-13-9)16-21(19,20)11-8(2)14-15-10(11)12(17)18/h3-7,16H,1-2H3,(H,14,15)(H,17,18). The molecule has 1 atom stereocenters. The maximum absolute atomic E-state index is 12.4. The van der Waals surface area contributed by atoms with E-state index < -0.39 is 27.7 Å². The smallest absolute Gasteiger partial charge is 0.357 e. The van der Waals surface area contributed by atoms with E-state index >= 15 is 0 Å². The zero-order valence-corrected chi connectivity index (χ0v) is 12.2. The van der Waals surface area contributed by atoms with Crippen molar-refractivity contribution in [2.45, 2.75) is 24.8 Å². The molecule has 0 spiro atoms. The minimum absolute atomic E-state index is 0.160. The highest BCUT2D eigenvalue weighted by Gasteiger charge is 2.29. The van der Waals surface area contributed by atoms with Crippen molar-refractivity contribution in [3.8, 4) is 0 Å². The van der Waals surface area contributed by atoms with E-state index in [-0.39, 0.29) is 10.6 Å². The van der Waals surface area contributed by atoms with Crippen molar-refractivity contribution < 1.29 is 18.3 Å². The molecule has 0 aliphatic rings. The Morgan fingerprint density at radius 2 is 2.14 bits per heavy atom. The van der Waals surface area contributed by atoms with E-state index in [0.29, 0.717) is 5.69 Å². The summed E-state index contributed by atoms with van der Waals surface area (Å²) in [5, 5.41) is 14.9. The van der Waals surface area contributed by atoms with Gasteiger partial charge < -0.3 is 5.11 Å². The molecule has 1 unspecified atom stereocenters. The van der Waals surface area contributed by atoms with E-state index in [4.69, 9.17) is 5.11 Å². The van der Waals surface area contributed by atoms with Crippen molar-refractivity contribution in [3.63, 3.8) is 0 Å². The summed E-state index contributed by atoms with van der Waals surface area (Å²) in [5.41, 5.74) is 0.153. The first kappa shape index (κ1) is 15.1. The fourth-order valence-corrected chi connectivity index (χ4v) is 3.42. The molecule has 0 bridgehead atoms. The second-order valence-corrected chi connectivity index (χ2v) is 6.08. The lowest BCUT2D eigenvalue weighted by molar-refractivity contribution is 0.0686. The molecule has 2 rings (SSSR count). The number of aromatic nitrogens is 3. The molecular formula is C12H14N4O4S. The van der Waals surface area contributed by atoms with Crippen LogP contribution in [-0.4, -0.2) is 34.7 Å². The quantitative estimate of drug-likeness (QED) is 0.752. The Morgan fingerprint density at radius 1 is 1.43 bits per heavy atom. The number of aryl methyl sites for hydroxylation is 1. The number of pyridine rings is 1. The predicted molar refractivity (Wildman–Crippen MR) is 73.3 cm³/mol. The third-order valence-corrected chi connectivity index (χ3v) is 4.53. The zero-order chi connectivity index (χ0) is 15.6. The van der Waals surface area contributed by atoms with E-state index in [1.807, 2.05) is 0 Å². The molecule has 2 aromatic rings. The molecule has 112 valence electrons. The van der Waals surface area contributed by atoms with E-state index in [1.54, 1.807) is 31.3 Å². The Labute approximate surface area is 121 Å². The number of aromatic amines is 1. The number of rotatable bonds is 5. The Balaban J connectivity index is 2.36. The monoisotopic (exact) mass is 310 g/mol. The maximum Gasteiger partial charge on any atom is 0.357 e. The molecule has 3 N–H and O–H groups in total. The van der Waals surface area contributed by atoms with Crippen molar-refractivity contribution >= 4 is 16.0 Å². The zero-order valence-electron chi connectivity index (χ0n) is 11.4. The summed E-state index contributed by atoms with van der Waals surface area (Å²) in [6.45, 7) is 3.06. The lowest BCUT2D eigenvalue weighted by Gasteiger charge is -2.13. The van der Waals surface area contributed by atoms with Crippen LogP contribution in [0.2, 0.25) is 0 Å². The highest BCUT2D eigenvalue weighted by Crippen LogP contribution is 2.20. The molecule has 2 aromatic heterocycles. The summed E-state index contributed by atoms with van der Waals surface area (Å²) < 4.78 is 27.1. The summed E-state index contributed by atoms with van der Waals surface area (Å²) in [7, 11) is -4.04. The Kier molecular flexibility index (Phi) is 4.05. The molecule has 2 heterocycles. The number of aromatic carboxylic acids is 1. The number of nitrogens with zero attached hydrogens (tertiary/aromatic N) is 2. The Hall–Kier alpha value is -2.26. The average molecular weight is 310 g/mol. The van der Waals surface area contributed by atoms with Crippen LogP contribution in [0.5, 0.6) is 0 Å². The van der Waals surface area contributed by atoms with Gasteiger partial charge in [-0.3, -0.25) is 10.1 Å². The molecule has 9 heteroatoms. The Morgan fingerprint density at radius 3 is 2.71 bits per heavy atom. The number of carbonyl (C=O) groups is 1. The fourth-order valence-electron chi connectivity index (χ4n) is 1.88. The number of carboxylic acids is 1. The maximum atomic E-state index is 12.4. The van der Waals surface area contributed by atoms with Crippen molar-refractivity contribution in [3.05, 3.63) is 41.5 Å². The van der Waals surface area contributed by atoms with Crippen LogP contribution < -0.4 is 4.72 Å².